The molecule has 0 aliphatic rings. The van der Waals surface area contributed by atoms with Crippen LogP contribution in [0.2, 0.25) is 0 Å². The highest BCUT2D eigenvalue weighted by atomic mass is 32.1. The van der Waals surface area contributed by atoms with Crippen molar-refractivity contribution in [3.63, 3.8) is 0 Å². The topological polar surface area (TPSA) is 26.0 Å². The average molecular weight is 255 g/mol. The molecule has 0 saturated carbocycles. The zero-order chi connectivity index (χ0) is 12.5. The van der Waals surface area contributed by atoms with E-state index in [0.717, 1.165) is 13.0 Å². The van der Waals surface area contributed by atoms with Crippen molar-refractivity contribution >= 4 is 31.5 Å². The number of fused-ring (bicyclic) bond motifs is 3. The minimum atomic E-state index is 0.548. The zero-order valence-electron chi connectivity index (χ0n) is 10.5. The lowest BCUT2D eigenvalue weighted by Gasteiger charge is -2.08. The summed E-state index contributed by atoms with van der Waals surface area (Å²) in [6, 6.07) is 15.5. The standard InChI is InChI=1S/C16H17NS/c1-11(10-17)8-12-6-7-16-14(9-12)13-4-2-3-5-15(13)18-16/h2-7,9,11H,8,10,17H2,1H3. The SMILES string of the molecule is CC(CN)Cc1ccc2sc3ccccc3c2c1. The highest BCUT2D eigenvalue weighted by Crippen LogP contribution is 2.34. The molecule has 0 saturated heterocycles. The minimum Gasteiger partial charge on any atom is -0.330 e. The maximum Gasteiger partial charge on any atom is 0.0355 e. The fraction of sp³-hybridized carbons (Fsp3) is 0.250. The predicted molar refractivity (Wildman–Crippen MR) is 81.3 cm³/mol. The molecule has 0 fully saturated rings. The number of benzene rings is 2. The van der Waals surface area contributed by atoms with Crippen LogP contribution in [0.15, 0.2) is 42.5 Å². The summed E-state index contributed by atoms with van der Waals surface area (Å²) in [5.74, 6) is 0.548. The Labute approximate surface area is 111 Å². The molecular formula is C16H17NS. The maximum absolute atomic E-state index is 5.71. The normalized spacial score (nSPS) is 13.2. The van der Waals surface area contributed by atoms with Crippen LogP contribution < -0.4 is 5.73 Å². The van der Waals surface area contributed by atoms with Crippen LogP contribution in [0.5, 0.6) is 0 Å². The van der Waals surface area contributed by atoms with Gasteiger partial charge in [-0.05, 0) is 42.6 Å². The van der Waals surface area contributed by atoms with Crippen molar-refractivity contribution < 1.29 is 0 Å². The van der Waals surface area contributed by atoms with Crippen molar-refractivity contribution in [2.45, 2.75) is 13.3 Å². The number of thiophene rings is 1. The van der Waals surface area contributed by atoms with Gasteiger partial charge in [-0.15, -0.1) is 11.3 Å². The van der Waals surface area contributed by atoms with Crippen LogP contribution in [0, 0.1) is 5.92 Å². The van der Waals surface area contributed by atoms with Gasteiger partial charge in [0.2, 0.25) is 0 Å². The Morgan fingerprint density at radius 2 is 1.83 bits per heavy atom. The summed E-state index contributed by atoms with van der Waals surface area (Å²) in [4.78, 5) is 0. The first-order valence-electron chi connectivity index (χ1n) is 6.38. The first-order valence-corrected chi connectivity index (χ1v) is 7.20. The van der Waals surface area contributed by atoms with E-state index in [4.69, 9.17) is 5.73 Å². The van der Waals surface area contributed by atoms with Crippen LogP contribution in [0.1, 0.15) is 12.5 Å². The van der Waals surface area contributed by atoms with E-state index < -0.39 is 0 Å². The van der Waals surface area contributed by atoms with Crippen molar-refractivity contribution in [3.05, 3.63) is 48.0 Å². The van der Waals surface area contributed by atoms with Crippen molar-refractivity contribution in [2.75, 3.05) is 6.54 Å². The molecule has 0 aliphatic carbocycles. The summed E-state index contributed by atoms with van der Waals surface area (Å²) in [7, 11) is 0. The summed E-state index contributed by atoms with van der Waals surface area (Å²) < 4.78 is 2.75. The van der Waals surface area contributed by atoms with Crippen LogP contribution >= 0.6 is 11.3 Å². The van der Waals surface area contributed by atoms with Gasteiger partial charge >= 0.3 is 0 Å². The first kappa shape index (κ1) is 11.7. The molecule has 2 aromatic carbocycles. The van der Waals surface area contributed by atoms with Gasteiger partial charge in [0.25, 0.3) is 0 Å². The molecule has 1 atom stereocenters. The number of hydrogen-bond acceptors (Lipinski definition) is 2. The molecule has 3 rings (SSSR count). The minimum absolute atomic E-state index is 0.548. The van der Waals surface area contributed by atoms with Crippen molar-refractivity contribution in [1.29, 1.82) is 0 Å². The molecule has 3 aromatic rings. The third kappa shape index (κ3) is 2.02. The Kier molecular flexibility index (Phi) is 3.06. The molecule has 0 aliphatic heterocycles. The summed E-state index contributed by atoms with van der Waals surface area (Å²) in [6.07, 6.45) is 1.07. The summed E-state index contributed by atoms with van der Waals surface area (Å²) in [6.45, 7) is 2.96. The molecule has 1 nitrogen and oxygen atoms in total. The molecule has 18 heavy (non-hydrogen) atoms. The summed E-state index contributed by atoms with van der Waals surface area (Å²) >= 11 is 1.87. The Morgan fingerprint density at radius 3 is 2.67 bits per heavy atom. The molecule has 2 heteroatoms. The second-order valence-electron chi connectivity index (χ2n) is 4.97. The molecule has 1 unspecified atom stereocenters. The van der Waals surface area contributed by atoms with Gasteiger partial charge in [0.1, 0.15) is 0 Å². The van der Waals surface area contributed by atoms with E-state index in [0.29, 0.717) is 5.92 Å². The van der Waals surface area contributed by atoms with Crippen LogP contribution in [-0.4, -0.2) is 6.54 Å². The number of rotatable bonds is 3. The largest absolute Gasteiger partial charge is 0.330 e. The van der Waals surface area contributed by atoms with Gasteiger partial charge in [-0.3, -0.25) is 0 Å². The fourth-order valence-corrected chi connectivity index (χ4v) is 3.47. The van der Waals surface area contributed by atoms with E-state index in [1.807, 2.05) is 11.3 Å². The summed E-state index contributed by atoms with van der Waals surface area (Å²) in [5, 5.41) is 2.76. The molecule has 0 amide bonds. The van der Waals surface area contributed by atoms with Gasteiger partial charge in [-0.25, -0.2) is 0 Å². The second kappa shape index (κ2) is 4.71. The van der Waals surface area contributed by atoms with Crippen molar-refractivity contribution in [1.82, 2.24) is 0 Å². The third-order valence-corrected chi connectivity index (χ3v) is 4.58. The van der Waals surface area contributed by atoms with Crippen LogP contribution in [0.4, 0.5) is 0 Å². The van der Waals surface area contributed by atoms with E-state index >= 15 is 0 Å². The lowest BCUT2D eigenvalue weighted by Crippen LogP contribution is -2.12. The van der Waals surface area contributed by atoms with Gasteiger partial charge in [-0.1, -0.05) is 31.2 Å². The lowest BCUT2D eigenvalue weighted by molar-refractivity contribution is 0.593. The van der Waals surface area contributed by atoms with E-state index in [1.54, 1.807) is 0 Å². The summed E-state index contributed by atoms with van der Waals surface area (Å²) in [5.41, 5.74) is 7.10. The molecule has 0 spiro atoms. The van der Waals surface area contributed by atoms with Crippen LogP contribution in [-0.2, 0) is 6.42 Å². The van der Waals surface area contributed by atoms with Crippen LogP contribution in [0.25, 0.3) is 20.2 Å². The van der Waals surface area contributed by atoms with Gasteiger partial charge in [0.15, 0.2) is 0 Å². The molecule has 0 radical (unpaired) electrons. The van der Waals surface area contributed by atoms with Crippen molar-refractivity contribution in [3.8, 4) is 0 Å². The van der Waals surface area contributed by atoms with Gasteiger partial charge < -0.3 is 5.73 Å². The zero-order valence-corrected chi connectivity index (χ0v) is 11.3. The number of nitrogens with two attached hydrogens (primary N) is 1. The molecule has 1 heterocycles. The van der Waals surface area contributed by atoms with Gasteiger partial charge in [0.05, 0.1) is 0 Å². The Morgan fingerprint density at radius 1 is 1.06 bits per heavy atom. The average Bonchev–Trinajstić information content (AvgIpc) is 2.77. The quantitative estimate of drug-likeness (QED) is 0.746. The predicted octanol–water partition coefficient (Wildman–Crippen LogP) is 4.19. The second-order valence-corrected chi connectivity index (χ2v) is 6.06. The third-order valence-electron chi connectivity index (χ3n) is 3.43. The molecule has 1 aromatic heterocycles. The van der Waals surface area contributed by atoms with E-state index in [2.05, 4.69) is 49.4 Å². The van der Waals surface area contributed by atoms with E-state index in [-0.39, 0.29) is 0 Å². The lowest BCUT2D eigenvalue weighted by atomic mass is 10.00. The first-order chi connectivity index (χ1) is 8.78. The van der Waals surface area contributed by atoms with Gasteiger partial charge in [-0.2, -0.15) is 0 Å². The van der Waals surface area contributed by atoms with Crippen molar-refractivity contribution in [2.24, 2.45) is 11.7 Å². The van der Waals surface area contributed by atoms with E-state index in [1.165, 1.54) is 25.7 Å². The molecule has 92 valence electrons. The Bertz CT molecular complexity index is 684. The number of hydrogen-bond donors (Lipinski definition) is 1. The smallest absolute Gasteiger partial charge is 0.0355 e. The highest BCUT2D eigenvalue weighted by Gasteiger charge is 2.07. The van der Waals surface area contributed by atoms with Gasteiger partial charge in [0, 0.05) is 20.2 Å². The maximum atomic E-state index is 5.71. The molecule has 2 N–H and O–H groups in total. The fourth-order valence-electron chi connectivity index (χ4n) is 2.39. The Hall–Kier alpha value is -1.38. The highest BCUT2D eigenvalue weighted by molar-refractivity contribution is 7.25. The molecular weight excluding hydrogens is 238 g/mol. The van der Waals surface area contributed by atoms with E-state index in [9.17, 15) is 0 Å². The monoisotopic (exact) mass is 255 g/mol. The molecule has 0 bridgehead atoms. The van der Waals surface area contributed by atoms with Crippen LogP contribution in [0.3, 0.4) is 0 Å². The Balaban J connectivity index is 2.12.